The Balaban J connectivity index is 0.00000242. The minimum Gasteiger partial charge on any atom is -0.377 e. The monoisotopic (exact) mass is 435 g/mol. The third-order valence-corrected chi connectivity index (χ3v) is 4.74. The Kier molecular flexibility index (Phi) is 9.74. The van der Waals surface area contributed by atoms with Gasteiger partial charge in [0.25, 0.3) is 0 Å². The van der Waals surface area contributed by atoms with Gasteiger partial charge >= 0.3 is 0 Å². The number of nitrogens with one attached hydrogen (secondary N) is 2. The highest BCUT2D eigenvalue weighted by Crippen LogP contribution is 2.16. The standard InChI is InChI=1S/C16H25N3OS.HI/c1-3-14-4-5-15(21-14)12-19-16(17-2)18-9-6-13-7-10-20-11-8-13;/h4-5,7H,3,6,8-12H2,1-2H3,(H2,17,18,19);1H. The second kappa shape index (κ2) is 11.0. The summed E-state index contributed by atoms with van der Waals surface area (Å²) in [4.78, 5) is 7.05. The fraction of sp³-hybridized carbons (Fsp3) is 0.562. The maximum absolute atomic E-state index is 5.32. The number of halogens is 1. The largest absolute Gasteiger partial charge is 0.377 e. The number of hydrogen-bond acceptors (Lipinski definition) is 3. The molecule has 0 fully saturated rings. The van der Waals surface area contributed by atoms with E-state index in [-0.39, 0.29) is 24.0 Å². The lowest BCUT2D eigenvalue weighted by Gasteiger charge is -2.15. The summed E-state index contributed by atoms with van der Waals surface area (Å²) in [7, 11) is 1.81. The molecule has 1 aliphatic rings. The molecule has 0 spiro atoms. The SMILES string of the molecule is CCc1ccc(CNC(=NC)NCCC2=CCOCC2)s1.I. The Morgan fingerprint density at radius 1 is 1.32 bits per heavy atom. The van der Waals surface area contributed by atoms with Crippen LogP contribution in [0.2, 0.25) is 0 Å². The van der Waals surface area contributed by atoms with Gasteiger partial charge in [-0.25, -0.2) is 0 Å². The predicted molar refractivity (Wildman–Crippen MR) is 105 cm³/mol. The smallest absolute Gasteiger partial charge is 0.191 e. The maximum atomic E-state index is 5.32. The fourth-order valence-electron chi connectivity index (χ4n) is 2.23. The molecule has 0 unspecified atom stereocenters. The molecule has 4 nitrogen and oxygen atoms in total. The second-order valence-corrected chi connectivity index (χ2v) is 6.26. The van der Waals surface area contributed by atoms with Crippen LogP contribution in [0, 0.1) is 0 Å². The van der Waals surface area contributed by atoms with Crippen molar-refractivity contribution < 1.29 is 4.74 Å². The summed E-state index contributed by atoms with van der Waals surface area (Å²) >= 11 is 1.86. The molecule has 6 heteroatoms. The summed E-state index contributed by atoms with van der Waals surface area (Å²) in [6, 6.07) is 4.39. The molecule has 1 aliphatic heterocycles. The van der Waals surface area contributed by atoms with E-state index in [1.54, 1.807) is 0 Å². The van der Waals surface area contributed by atoms with E-state index in [0.717, 1.165) is 51.5 Å². The number of hydrogen-bond donors (Lipinski definition) is 2. The number of guanidine groups is 1. The van der Waals surface area contributed by atoms with Gasteiger partial charge in [0.2, 0.25) is 0 Å². The van der Waals surface area contributed by atoms with E-state index in [2.05, 4.69) is 40.8 Å². The number of aryl methyl sites for hydroxylation is 1. The van der Waals surface area contributed by atoms with Crippen LogP contribution in [0.3, 0.4) is 0 Å². The van der Waals surface area contributed by atoms with Crippen molar-refractivity contribution in [1.29, 1.82) is 0 Å². The molecular formula is C16H26IN3OS. The van der Waals surface area contributed by atoms with E-state index in [1.165, 1.54) is 15.3 Å². The quantitative estimate of drug-likeness (QED) is 0.312. The molecule has 0 aromatic carbocycles. The minimum absolute atomic E-state index is 0. The van der Waals surface area contributed by atoms with Gasteiger partial charge in [0.1, 0.15) is 0 Å². The highest BCUT2D eigenvalue weighted by molar-refractivity contribution is 14.0. The van der Waals surface area contributed by atoms with Gasteiger partial charge in [0, 0.05) is 23.3 Å². The van der Waals surface area contributed by atoms with Crippen molar-refractivity contribution in [3.05, 3.63) is 33.5 Å². The second-order valence-electron chi connectivity index (χ2n) is 5.01. The van der Waals surface area contributed by atoms with Crippen LogP contribution in [0.4, 0.5) is 0 Å². The van der Waals surface area contributed by atoms with E-state index in [4.69, 9.17) is 4.74 Å². The Morgan fingerprint density at radius 2 is 2.14 bits per heavy atom. The summed E-state index contributed by atoms with van der Waals surface area (Å²) in [6.45, 7) is 5.56. The van der Waals surface area contributed by atoms with Crippen molar-refractivity contribution >= 4 is 41.3 Å². The van der Waals surface area contributed by atoms with Crippen LogP contribution in [0.15, 0.2) is 28.8 Å². The molecule has 1 aromatic rings. The molecule has 124 valence electrons. The van der Waals surface area contributed by atoms with Gasteiger partial charge in [-0.2, -0.15) is 0 Å². The van der Waals surface area contributed by atoms with E-state index < -0.39 is 0 Å². The lowest BCUT2D eigenvalue weighted by molar-refractivity contribution is 0.153. The Hall–Kier alpha value is -0.600. The fourth-order valence-corrected chi connectivity index (χ4v) is 3.13. The summed E-state index contributed by atoms with van der Waals surface area (Å²) in [6.07, 6.45) is 5.42. The zero-order valence-corrected chi connectivity index (χ0v) is 16.5. The third kappa shape index (κ3) is 6.66. The molecule has 0 radical (unpaired) electrons. The van der Waals surface area contributed by atoms with Gasteiger partial charge in [-0.1, -0.05) is 18.6 Å². The topological polar surface area (TPSA) is 45.7 Å². The van der Waals surface area contributed by atoms with Crippen LogP contribution < -0.4 is 10.6 Å². The molecule has 2 heterocycles. The Bertz CT molecular complexity index is 499. The molecular weight excluding hydrogens is 409 g/mol. The zero-order valence-electron chi connectivity index (χ0n) is 13.4. The maximum Gasteiger partial charge on any atom is 0.191 e. The first-order valence-corrected chi connectivity index (χ1v) is 8.41. The summed E-state index contributed by atoms with van der Waals surface area (Å²) < 4.78 is 5.32. The van der Waals surface area contributed by atoms with Crippen molar-refractivity contribution in [2.75, 3.05) is 26.8 Å². The molecule has 0 atom stereocenters. The summed E-state index contributed by atoms with van der Waals surface area (Å²) in [5.74, 6) is 0.870. The van der Waals surface area contributed by atoms with Gasteiger partial charge in [-0.05, 0) is 31.4 Å². The van der Waals surface area contributed by atoms with Crippen LogP contribution in [-0.2, 0) is 17.7 Å². The molecule has 1 aromatic heterocycles. The van der Waals surface area contributed by atoms with Crippen molar-refractivity contribution in [3.8, 4) is 0 Å². The molecule has 0 saturated carbocycles. The van der Waals surface area contributed by atoms with Crippen LogP contribution >= 0.6 is 35.3 Å². The van der Waals surface area contributed by atoms with E-state index >= 15 is 0 Å². The Morgan fingerprint density at radius 3 is 2.77 bits per heavy atom. The number of rotatable bonds is 6. The number of ether oxygens (including phenoxy) is 1. The highest BCUT2D eigenvalue weighted by atomic mass is 127. The van der Waals surface area contributed by atoms with Crippen LogP contribution in [-0.4, -0.2) is 32.8 Å². The van der Waals surface area contributed by atoms with Gasteiger partial charge < -0.3 is 15.4 Å². The molecule has 0 bridgehead atoms. The van der Waals surface area contributed by atoms with Crippen molar-refractivity contribution in [2.24, 2.45) is 4.99 Å². The van der Waals surface area contributed by atoms with Gasteiger partial charge in [-0.3, -0.25) is 4.99 Å². The first-order valence-electron chi connectivity index (χ1n) is 7.59. The molecule has 0 aliphatic carbocycles. The normalized spacial score (nSPS) is 15.0. The highest BCUT2D eigenvalue weighted by Gasteiger charge is 2.04. The van der Waals surface area contributed by atoms with E-state index in [0.29, 0.717) is 0 Å². The molecule has 0 amide bonds. The van der Waals surface area contributed by atoms with Crippen molar-refractivity contribution in [1.82, 2.24) is 10.6 Å². The average Bonchev–Trinajstić information content (AvgIpc) is 3.00. The first-order chi connectivity index (χ1) is 10.3. The van der Waals surface area contributed by atoms with Crippen LogP contribution in [0.1, 0.15) is 29.5 Å². The molecule has 2 N–H and O–H groups in total. The number of nitrogens with zero attached hydrogens (tertiary/aromatic N) is 1. The van der Waals surface area contributed by atoms with E-state index in [9.17, 15) is 0 Å². The number of aliphatic imine (C=N–C) groups is 1. The van der Waals surface area contributed by atoms with Crippen LogP contribution in [0.25, 0.3) is 0 Å². The predicted octanol–water partition coefficient (Wildman–Crippen LogP) is 3.33. The van der Waals surface area contributed by atoms with Gasteiger partial charge in [0.15, 0.2) is 5.96 Å². The summed E-state index contributed by atoms with van der Waals surface area (Å²) in [5, 5.41) is 6.74. The lowest BCUT2D eigenvalue weighted by atomic mass is 10.1. The average molecular weight is 435 g/mol. The first kappa shape index (κ1) is 19.4. The lowest BCUT2D eigenvalue weighted by Crippen LogP contribution is -2.37. The Labute approximate surface area is 154 Å². The van der Waals surface area contributed by atoms with Gasteiger partial charge in [0.05, 0.1) is 19.8 Å². The van der Waals surface area contributed by atoms with Gasteiger partial charge in [-0.15, -0.1) is 35.3 Å². The molecule has 22 heavy (non-hydrogen) atoms. The van der Waals surface area contributed by atoms with E-state index in [1.807, 2.05) is 18.4 Å². The third-order valence-electron chi connectivity index (χ3n) is 3.52. The molecule has 2 rings (SSSR count). The minimum atomic E-state index is 0. The number of thiophene rings is 1. The van der Waals surface area contributed by atoms with Crippen molar-refractivity contribution in [3.63, 3.8) is 0 Å². The summed E-state index contributed by atoms with van der Waals surface area (Å²) in [5.41, 5.74) is 1.48. The van der Waals surface area contributed by atoms with Crippen molar-refractivity contribution in [2.45, 2.75) is 32.7 Å². The van der Waals surface area contributed by atoms with Crippen LogP contribution in [0.5, 0.6) is 0 Å². The zero-order chi connectivity index (χ0) is 14.9. The molecule has 0 saturated heterocycles.